The van der Waals surface area contributed by atoms with Gasteiger partial charge in [0, 0.05) is 18.7 Å². The van der Waals surface area contributed by atoms with Crippen LogP contribution in [0.1, 0.15) is 38.2 Å². The van der Waals surface area contributed by atoms with Gasteiger partial charge in [0.25, 0.3) is 0 Å². The summed E-state index contributed by atoms with van der Waals surface area (Å²) in [5.41, 5.74) is 0.348. The molecule has 0 aromatic heterocycles. The Labute approximate surface area is 120 Å². The van der Waals surface area contributed by atoms with E-state index < -0.39 is 15.8 Å². The largest absolute Gasteiger partial charge is 0.316 e. The molecular formula is C14H23FN2O2S. The topological polar surface area (TPSA) is 58.2 Å². The van der Waals surface area contributed by atoms with Gasteiger partial charge in [-0.1, -0.05) is 26.2 Å². The summed E-state index contributed by atoms with van der Waals surface area (Å²) in [4.78, 5) is 0.111. The molecule has 0 bridgehead atoms. The van der Waals surface area contributed by atoms with E-state index >= 15 is 0 Å². The Hall–Kier alpha value is -0.980. The van der Waals surface area contributed by atoms with Gasteiger partial charge >= 0.3 is 0 Å². The SMILES string of the molecule is CCCCCCNS(=O)(=O)c1ccc(F)c(CNC)c1. The van der Waals surface area contributed by atoms with Gasteiger partial charge in [-0.3, -0.25) is 0 Å². The van der Waals surface area contributed by atoms with E-state index in [1.807, 2.05) is 0 Å². The summed E-state index contributed by atoms with van der Waals surface area (Å²) in [6, 6.07) is 3.86. The van der Waals surface area contributed by atoms with Crippen molar-refractivity contribution in [2.75, 3.05) is 13.6 Å². The van der Waals surface area contributed by atoms with Gasteiger partial charge in [-0.05, 0) is 31.7 Å². The maximum atomic E-state index is 13.5. The zero-order chi connectivity index (χ0) is 15.0. The number of unbranched alkanes of at least 4 members (excludes halogenated alkanes) is 3. The van der Waals surface area contributed by atoms with Crippen molar-refractivity contribution in [1.82, 2.24) is 10.0 Å². The standard InChI is InChI=1S/C14H23FN2O2S/c1-3-4-5-6-9-17-20(18,19)13-7-8-14(15)12(10-13)11-16-2/h7-8,10,16-17H,3-6,9,11H2,1-2H3. The molecule has 0 saturated heterocycles. The predicted octanol–water partition coefficient (Wildman–Crippen LogP) is 2.40. The first-order chi connectivity index (χ1) is 9.51. The van der Waals surface area contributed by atoms with Crippen molar-refractivity contribution >= 4 is 10.0 Å². The second kappa shape index (κ2) is 8.34. The van der Waals surface area contributed by atoms with E-state index in [0.717, 1.165) is 25.7 Å². The van der Waals surface area contributed by atoms with Crippen LogP contribution in [0.15, 0.2) is 23.1 Å². The highest BCUT2D eigenvalue weighted by Gasteiger charge is 2.15. The Kier molecular flexibility index (Phi) is 7.12. The van der Waals surface area contributed by atoms with E-state index in [1.54, 1.807) is 7.05 Å². The third kappa shape index (κ3) is 5.19. The molecule has 114 valence electrons. The molecule has 20 heavy (non-hydrogen) atoms. The van der Waals surface area contributed by atoms with Gasteiger partial charge in [-0.2, -0.15) is 0 Å². The molecule has 0 aliphatic heterocycles. The third-order valence-electron chi connectivity index (χ3n) is 3.02. The molecule has 0 amide bonds. The van der Waals surface area contributed by atoms with Crippen molar-refractivity contribution in [3.05, 3.63) is 29.6 Å². The van der Waals surface area contributed by atoms with Gasteiger partial charge < -0.3 is 5.32 Å². The molecule has 1 rings (SSSR count). The molecule has 0 spiro atoms. The summed E-state index contributed by atoms with van der Waals surface area (Å²) in [5.74, 6) is -0.402. The smallest absolute Gasteiger partial charge is 0.240 e. The van der Waals surface area contributed by atoms with Gasteiger partial charge in [-0.15, -0.1) is 0 Å². The lowest BCUT2D eigenvalue weighted by atomic mass is 10.2. The van der Waals surface area contributed by atoms with E-state index in [-0.39, 0.29) is 4.90 Å². The second-order valence-electron chi connectivity index (χ2n) is 4.74. The Bertz CT molecular complexity index is 518. The first kappa shape index (κ1) is 17.1. The minimum absolute atomic E-state index is 0.111. The number of halogens is 1. The average Bonchev–Trinajstić information content (AvgIpc) is 2.41. The van der Waals surface area contributed by atoms with Crippen LogP contribution in [-0.4, -0.2) is 22.0 Å². The van der Waals surface area contributed by atoms with Gasteiger partial charge in [0.05, 0.1) is 4.90 Å². The maximum Gasteiger partial charge on any atom is 0.240 e. The quantitative estimate of drug-likeness (QED) is 0.689. The van der Waals surface area contributed by atoms with Crippen molar-refractivity contribution in [1.29, 1.82) is 0 Å². The minimum atomic E-state index is -3.55. The fourth-order valence-electron chi connectivity index (χ4n) is 1.89. The Morgan fingerprint density at radius 2 is 1.95 bits per heavy atom. The van der Waals surface area contributed by atoms with E-state index in [9.17, 15) is 12.8 Å². The Balaban J connectivity index is 2.69. The van der Waals surface area contributed by atoms with Crippen molar-refractivity contribution in [3.63, 3.8) is 0 Å². The fraction of sp³-hybridized carbons (Fsp3) is 0.571. The van der Waals surface area contributed by atoms with Gasteiger partial charge in [-0.25, -0.2) is 17.5 Å². The van der Waals surface area contributed by atoms with Gasteiger partial charge in [0.2, 0.25) is 10.0 Å². The van der Waals surface area contributed by atoms with Crippen molar-refractivity contribution < 1.29 is 12.8 Å². The monoisotopic (exact) mass is 302 g/mol. The van der Waals surface area contributed by atoms with Crippen LogP contribution < -0.4 is 10.0 Å². The lowest BCUT2D eigenvalue weighted by Crippen LogP contribution is -2.25. The summed E-state index contributed by atoms with van der Waals surface area (Å²) in [6.07, 6.45) is 4.04. The number of rotatable bonds is 9. The van der Waals surface area contributed by atoms with Crippen molar-refractivity contribution in [2.24, 2.45) is 0 Å². The second-order valence-corrected chi connectivity index (χ2v) is 6.51. The molecule has 0 aliphatic carbocycles. The van der Waals surface area contributed by atoms with Crippen molar-refractivity contribution in [3.8, 4) is 0 Å². The van der Waals surface area contributed by atoms with Gasteiger partial charge in [0.15, 0.2) is 0 Å². The lowest BCUT2D eigenvalue weighted by Gasteiger charge is -2.09. The van der Waals surface area contributed by atoms with Gasteiger partial charge in [0.1, 0.15) is 5.82 Å². The zero-order valence-electron chi connectivity index (χ0n) is 12.1. The number of hydrogen-bond donors (Lipinski definition) is 2. The van der Waals surface area contributed by atoms with Crippen LogP contribution in [0.3, 0.4) is 0 Å². The highest BCUT2D eigenvalue weighted by molar-refractivity contribution is 7.89. The van der Waals surface area contributed by atoms with Crippen LogP contribution in [0, 0.1) is 5.82 Å². The molecule has 0 radical (unpaired) electrons. The molecule has 0 saturated carbocycles. The van der Waals surface area contributed by atoms with E-state index in [2.05, 4.69) is 17.0 Å². The first-order valence-corrected chi connectivity index (χ1v) is 8.42. The molecule has 0 unspecified atom stereocenters. The van der Waals surface area contributed by atoms with Crippen LogP contribution in [0.25, 0.3) is 0 Å². The minimum Gasteiger partial charge on any atom is -0.316 e. The normalized spacial score (nSPS) is 11.8. The summed E-state index contributed by atoms with van der Waals surface area (Å²) < 4.78 is 40.2. The number of hydrogen-bond acceptors (Lipinski definition) is 3. The molecule has 0 fully saturated rings. The number of nitrogens with one attached hydrogen (secondary N) is 2. The fourth-order valence-corrected chi connectivity index (χ4v) is 3.01. The van der Waals surface area contributed by atoms with E-state index in [1.165, 1.54) is 18.2 Å². The van der Waals surface area contributed by atoms with Crippen LogP contribution in [0.4, 0.5) is 4.39 Å². The summed E-state index contributed by atoms with van der Waals surface area (Å²) >= 11 is 0. The highest BCUT2D eigenvalue weighted by Crippen LogP contribution is 2.15. The molecule has 4 nitrogen and oxygen atoms in total. The van der Waals surface area contributed by atoms with Crippen LogP contribution in [0.5, 0.6) is 0 Å². The van der Waals surface area contributed by atoms with E-state index in [0.29, 0.717) is 18.7 Å². The summed E-state index contributed by atoms with van der Waals surface area (Å²) in [6.45, 7) is 2.82. The van der Waals surface area contributed by atoms with Crippen molar-refractivity contribution in [2.45, 2.75) is 44.0 Å². The Morgan fingerprint density at radius 3 is 2.60 bits per heavy atom. The molecule has 2 N–H and O–H groups in total. The number of sulfonamides is 1. The molecular weight excluding hydrogens is 279 g/mol. The first-order valence-electron chi connectivity index (χ1n) is 6.94. The highest BCUT2D eigenvalue weighted by atomic mass is 32.2. The average molecular weight is 302 g/mol. The molecule has 0 heterocycles. The Morgan fingerprint density at radius 1 is 1.20 bits per heavy atom. The lowest BCUT2D eigenvalue weighted by molar-refractivity contribution is 0.571. The summed E-state index contributed by atoms with van der Waals surface area (Å²) in [5, 5.41) is 2.81. The molecule has 1 aromatic rings. The zero-order valence-corrected chi connectivity index (χ0v) is 12.9. The third-order valence-corrected chi connectivity index (χ3v) is 4.48. The molecule has 6 heteroatoms. The van der Waals surface area contributed by atoms with Crippen LogP contribution in [-0.2, 0) is 16.6 Å². The van der Waals surface area contributed by atoms with Crippen LogP contribution >= 0.6 is 0 Å². The predicted molar refractivity (Wildman–Crippen MR) is 78.5 cm³/mol. The van der Waals surface area contributed by atoms with E-state index in [4.69, 9.17) is 0 Å². The van der Waals surface area contributed by atoms with Crippen LogP contribution in [0.2, 0.25) is 0 Å². The summed E-state index contributed by atoms with van der Waals surface area (Å²) in [7, 11) is -1.86. The molecule has 0 atom stereocenters. The molecule has 0 aliphatic rings. The molecule has 1 aromatic carbocycles. The number of benzene rings is 1. The maximum absolute atomic E-state index is 13.5.